The Hall–Kier alpha value is -1.34. The first-order chi connectivity index (χ1) is 9.28. The van der Waals surface area contributed by atoms with Gasteiger partial charge in [0.25, 0.3) is 5.91 Å². The quantitative estimate of drug-likeness (QED) is 0.872. The fourth-order valence-electron chi connectivity index (χ4n) is 2.41. The van der Waals surface area contributed by atoms with E-state index >= 15 is 0 Å². The molecule has 2 fully saturated rings. The molecule has 2 aliphatic rings. The summed E-state index contributed by atoms with van der Waals surface area (Å²) < 4.78 is 24.7. The highest BCUT2D eigenvalue weighted by atomic mass is 32.2. The minimum Gasteiger partial charge on any atom is -0.346 e. The standard InChI is InChI=1S/C13H19N3O3S/c1-13(5-6-13)15-12(17)11-7-10(20(14,18)19)8-16(11)9-3-2-4-9/h7-9H,2-6H2,1H3,(H,15,17)(H2,14,18,19). The van der Waals surface area contributed by atoms with Crippen LogP contribution in [0.3, 0.4) is 0 Å². The molecule has 2 aliphatic carbocycles. The van der Waals surface area contributed by atoms with Crippen molar-refractivity contribution in [2.24, 2.45) is 5.14 Å². The maximum absolute atomic E-state index is 12.3. The normalized spacial score (nSPS) is 21.3. The number of carbonyl (C=O) groups excluding carboxylic acids is 1. The van der Waals surface area contributed by atoms with Crippen molar-refractivity contribution in [3.63, 3.8) is 0 Å². The lowest BCUT2D eigenvalue weighted by molar-refractivity contribution is 0.0920. The first kappa shape index (κ1) is 13.6. The second kappa shape index (κ2) is 4.33. The van der Waals surface area contributed by atoms with Gasteiger partial charge in [0, 0.05) is 17.8 Å². The molecule has 20 heavy (non-hydrogen) atoms. The molecule has 0 aromatic carbocycles. The number of nitrogens with zero attached hydrogens (tertiary/aromatic N) is 1. The van der Waals surface area contributed by atoms with Gasteiger partial charge in [-0.1, -0.05) is 0 Å². The van der Waals surface area contributed by atoms with Crippen LogP contribution in [-0.2, 0) is 10.0 Å². The van der Waals surface area contributed by atoms with Gasteiger partial charge in [-0.05, 0) is 45.1 Å². The zero-order chi connectivity index (χ0) is 14.5. The van der Waals surface area contributed by atoms with E-state index in [0.717, 1.165) is 32.1 Å². The zero-order valence-corrected chi connectivity index (χ0v) is 12.2. The van der Waals surface area contributed by atoms with Gasteiger partial charge in [0.05, 0.1) is 0 Å². The third kappa shape index (κ3) is 2.47. The van der Waals surface area contributed by atoms with E-state index in [1.165, 1.54) is 12.3 Å². The number of sulfonamides is 1. The van der Waals surface area contributed by atoms with E-state index < -0.39 is 10.0 Å². The van der Waals surface area contributed by atoms with Crippen LogP contribution in [0, 0.1) is 0 Å². The monoisotopic (exact) mass is 297 g/mol. The van der Waals surface area contributed by atoms with E-state index in [9.17, 15) is 13.2 Å². The lowest BCUT2D eigenvalue weighted by Gasteiger charge is -2.29. The Morgan fingerprint density at radius 3 is 2.55 bits per heavy atom. The number of carbonyl (C=O) groups is 1. The van der Waals surface area contributed by atoms with Gasteiger partial charge in [-0.15, -0.1) is 0 Å². The van der Waals surface area contributed by atoms with Gasteiger partial charge >= 0.3 is 0 Å². The molecule has 2 saturated carbocycles. The topological polar surface area (TPSA) is 94.2 Å². The summed E-state index contributed by atoms with van der Waals surface area (Å²) in [5.74, 6) is -0.216. The average Bonchev–Trinajstić information content (AvgIpc) is 2.82. The van der Waals surface area contributed by atoms with Crippen molar-refractivity contribution in [1.29, 1.82) is 0 Å². The summed E-state index contributed by atoms with van der Waals surface area (Å²) in [6, 6.07) is 1.59. The maximum atomic E-state index is 12.3. The number of nitrogens with one attached hydrogen (secondary N) is 1. The first-order valence-electron chi connectivity index (χ1n) is 6.86. The predicted molar refractivity (Wildman–Crippen MR) is 73.8 cm³/mol. The summed E-state index contributed by atoms with van der Waals surface area (Å²) in [6.07, 6.45) is 6.46. The molecule has 7 heteroatoms. The third-order valence-corrected chi connectivity index (χ3v) is 5.15. The summed E-state index contributed by atoms with van der Waals surface area (Å²) in [6.45, 7) is 1.99. The van der Waals surface area contributed by atoms with Crippen LogP contribution in [0.1, 0.15) is 55.6 Å². The maximum Gasteiger partial charge on any atom is 0.268 e. The van der Waals surface area contributed by atoms with E-state index in [2.05, 4.69) is 5.32 Å². The number of amides is 1. The van der Waals surface area contributed by atoms with E-state index in [1.807, 2.05) is 6.92 Å². The van der Waals surface area contributed by atoms with Crippen molar-refractivity contribution in [3.05, 3.63) is 18.0 Å². The second-order valence-corrected chi connectivity index (χ2v) is 7.67. The van der Waals surface area contributed by atoms with Crippen LogP contribution < -0.4 is 10.5 Å². The Labute approximate surface area is 118 Å². The van der Waals surface area contributed by atoms with Crippen LogP contribution in [0.5, 0.6) is 0 Å². The zero-order valence-electron chi connectivity index (χ0n) is 11.4. The van der Waals surface area contributed by atoms with Crippen LogP contribution in [-0.4, -0.2) is 24.4 Å². The molecule has 6 nitrogen and oxygen atoms in total. The van der Waals surface area contributed by atoms with Crippen molar-refractivity contribution in [1.82, 2.24) is 9.88 Å². The van der Waals surface area contributed by atoms with E-state index in [-0.39, 0.29) is 22.4 Å². The Balaban J connectivity index is 1.94. The molecule has 1 heterocycles. The minimum atomic E-state index is -3.78. The molecule has 3 N–H and O–H groups in total. The molecule has 1 amide bonds. The first-order valence-corrected chi connectivity index (χ1v) is 8.40. The largest absolute Gasteiger partial charge is 0.346 e. The number of hydrogen-bond acceptors (Lipinski definition) is 3. The average molecular weight is 297 g/mol. The van der Waals surface area contributed by atoms with Crippen LogP contribution in [0.15, 0.2) is 17.2 Å². The van der Waals surface area contributed by atoms with Gasteiger partial charge in [0.15, 0.2) is 0 Å². The minimum absolute atomic E-state index is 0.00972. The molecule has 3 rings (SSSR count). The summed E-state index contributed by atoms with van der Waals surface area (Å²) >= 11 is 0. The van der Waals surface area contributed by atoms with Crippen molar-refractivity contribution in [3.8, 4) is 0 Å². The highest BCUT2D eigenvalue weighted by Crippen LogP contribution is 2.36. The van der Waals surface area contributed by atoms with E-state index in [4.69, 9.17) is 5.14 Å². The Kier molecular flexibility index (Phi) is 2.95. The lowest BCUT2D eigenvalue weighted by Crippen LogP contribution is -2.36. The van der Waals surface area contributed by atoms with Gasteiger partial charge in [-0.25, -0.2) is 13.6 Å². The number of aromatic nitrogens is 1. The van der Waals surface area contributed by atoms with Gasteiger partial charge in [-0.2, -0.15) is 0 Å². The molecule has 0 spiro atoms. The van der Waals surface area contributed by atoms with Gasteiger partial charge in [0.1, 0.15) is 10.6 Å². The molecule has 0 radical (unpaired) electrons. The summed E-state index contributed by atoms with van der Waals surface area (Å²) in [4.78, 5) is 12.3. The number of nitrogens with two attached hydrogens (primary N) is 1. The highest BCUT2D eigenvalue weighted by Gasteiger charge is 2.40. The van der Waals surface area contributed by atoms with Gasteiger partial charge < -0.3 is 9.88 Å². The fourth-order valence-corrected chi connectivity index (χ4v) is 2.95. The Morgan fingerprint density at radius 1 is 1.45 bits per heavy atom. The summed E-state index contributed by atoms with van der Waals surface area (Å²) in [5.41, 5.74) is 0.264. The van der Waals surface area contributed by atoms with Crippen LogP contribution in [0.25, 0.3) is 0 Å². The molecular weight excluding hydrogens is 278 g/mol. The molecule has 1 aromatic heterocycles. The van der Waals surface area contributed by atoms with E-state index in [0.29, 0.717) is 5.69 Å². The molecule has 0 atom stereocenters. The van der Waals surface area contributed by atoms with Crippen molar-refractivity contribution >= 4 is 15.9 Å². The Morgan fingerprint density at radius 2 is 2.10 bits per heavy atom. The third-order valence-electron chi connectivity index (χ3n) is 4.27. The SMILES string of the molecule is CC1(NC(=O)c2cc(S(N)(=O)=O)cn2C2CCC2)CC1. The summed E-state index contributed by atoms with van der Waals surface area (Å²) in [5, 5.41) is 8.12. The summed E-state index contributed by atoms with van der Waals surface area (Å²) in [7, 11) is -3.78. The van der Waals surface area contributed by atoms with Crippen LogP contribution in [0.2, 0.25) is 0 Å². The molecular formula is C13H19N3O3S. The number of rotatable bonds is 4. The molecule has 0 saturated heterocycles. The molecule has 1 aromatic rings. The lowest BCUT2D eigenvalue weighted by atomic mass is 9.93. The molecule has 110 valence electrons. The number of hydrogen-bond donors (Lipinski definition) is 2. The van der Waals surface area contributed by atoms with Crippen molar-refractivity contribution in [2.75, 3.05) is 0 Å². The molecule has 0 aliphatic heterocycles. The Bertz CT molecular complexity index is 654. The van der Waals surface area contributed by atoms with E-state index in [1.54, 1.807) is 4.57 Å². The van der Waals surface area contributed by atoms with Gasteiger partial charge in [-0.3, -0.25) is 4.79 Å². The smallest absolute Gasteiger partial charge is 0.268 e. The fraction of sp³-hybridized carbons (Fsp3) is 0.615. The van der Waals surface area contributed by atoms with Crippen molar-refractivity contribution in [2.45, 2.75) is 55.5 Å². The number of primary sulfonamides is 1. The van der Waals surface area contributed by atoms with Crippen LogP contribution >= 0.6 is 0 Å². The highest BCUT2D eigenvalue weighted by molar-refractivity contribution is 7.89. The molecule has 0 unspecified atom stereocenters. The van der Waals surface area contributed by atoms with Crippen LogP contribution in [0.4, 0.5) is 0 Å². The second-order valence-electron chi connectivity index (χ2n) is 6.11. The molecule has 0 bridgehead atoms. The van der Waals surface area contributed by atoms with Gasteiger partial charge in [0.2, 0.25) is 10.0 Å². The van der Waals surface area contributed by atoms with Crippen molar-refractivity contribution < 1.29 is 13.2 Å². The predicted octanol–water partition coefficient (Wildman–Crippen LogP) is 1.14.